The lowest BCUT2D eigenvalue weighted by Gasteiger charge is -2.14. The molecule has 0 radical (unpaired) electrons. The second-order valence-corrected chi connectivity index (χ2v) is 6.23. The smallest absolute Gasteiger partial charge is 0.129 e. The van der Waals surface area contributed by atoms with Crippen molar-refractivity contribution in [2.75, 3.05) is 0 Å². The summed E-state index contributed by atoms with van der Waals surface area (Å²) in [5, 5.41) is 19.6. The average molecular weight is 302 g/mol. The number of aryl methyl sites for hydroxylation is 1. The van der Waals surface area contributed by atoms with Gasteiger partial charge in [-0.2, -0.15) is 0 Å². The molecule has 0 fully saturated rings. The Bertz CT molecular complexity index is 608. The van der Waals surface area contributed by atoms with Crippen LogP contribution in [0.3, 0.4) is 0 Å². The molecule has 3 heteroatoms. The van der Waals surface area contributed by atoms with E-state index in [1.807, 2.05) is 0 Å². The van der Waals surface area contributed by atoms with Crippen LogP contribution in [0.25, 0.3) is 0 Å². The zero-order valence-electron chi connectivity index (χ0n) is 12.6. The van der Waals surface area contributed by atoms with Gasteiger partial charge >= 0.3 is 0 Å². The highest BCUT2D eigenvalue weighted by molar-refractivity contribution is 7.99. The molecule has 0 amide bonds. The minimum Gasteiger partial charge on any atom is -0.508 e. The molecule has 0 spiro atoms. The van der Waals surface area contributed by atoms with Crippen molar-refractivity contribution in [3.8, 4) is 11.5 Å². The summed E-state index contributed by atoms with van der Waals surface area (Å²) in [6.45, 7) is 4.37. The molecule has 2 aromatic rings. The summed E-state index contributed by atoms with van der Waals surface area (Å²) in [5.41, 5.74) is 2.76. The van der Waals surface area contributed by atoms with E-state index >= 15 is 0 Å². The average Bonchev–Trinajstić information content (AvgIpc) is 2.46. The first-order valence-corrected chi connectivity index (χ1v) is 8.28. The van der Waals surface area contributed by atoms with Gasteiger partial charge in [0.1, 0.15) is 11.5 Å². The van der Waals surface area contributed by atoms with Gasteiger partial charge < -0.3 is 10.2 Å². The number of aromatic hydroxyl groups is 2. The van der Waals surface area contributed by atoms with Gasteiger partial charge in [-0.15, -0.1) is 0 Å². The van der Waals surface area contributed by atoms with E-state index in [9.17, 15) is 10.2 Å². The maximum Gasteiger partial charge on any atom is 0.129 e. The maximum absolute atomic E-state index is 9.96. The Morgan fingerprint density at radius 3 is 2.38 bits per heavy atom. The van der Waals surface area contributed by atoms with Crippen molar-refractivity contribution < 1.29 is 10.2 Å². The monoisotopic (exact) mass is 302 g/mol. The topological polar surface area (TPSA) is 40.5 Å². The Kier molecular flexibility index (Phi) is 5.57. The maximum atomic E-state index is 9.96. The third-order valence-electron chi connectivity index (χ3n) is 3.41. The molecule has 0 atom stereocenters. The highest BCUT2D eigenvalue weighted by Crippen LogP contribution is 2.39. The van der Waals surface area contributed by atoms with Crippen molar-refractivity contribution in [3.05, 3.63) is 47.5 Å². The molecule has 2 nitrogen and oxygen atoms in total. The summed E-state index contributed by atoms with van der Waals surface area (Å²) in [6, 6.07) is 11.0. The van der Waals surface area contributed by atoms with E-state index in [1.54, 1.807) is 6.07 Å². The van der Waals surface area contributed by atoms with Crippen LogP contribution < -0.4 is 0 Å². The highest BCUT2D eigenvalue weighted by Gasteiger charge is 2.11. The zero-order chi connectivity index (χ0) is 15.2. The molecule has 0 saturated carbocycles. The third-order valence-corrected chi connectivity index (χ3v) is 4.56. The molecule has 21 heavy (non-hydrogen) atoms. The lowest BCUT2D eigenvalue weighted by Crippen LogP contribution is -1.96. The Labute approximate surface area is 130 Å². The molecular formula is C18H22O2S. The van der Waals surface area contributed by atoms with E-state index in [1.165, 1.54) is 39.9 Å². The minimum atomic E-state index is 0.178. The predicted molar refractivity (Wildman–Crippen MR) is 88.3 cm³/mol. The van der Waals surface area contributed by atoms with Crippen molar-refractivity contribution in [1.82, 2.24) is 0 Å². The largest absolute Gasteiger partial charge is 0.508 e. The van der Waals surface area contributed by atoms with Crippen LogP contribution >= 0.6 is 11.8 Å². The van der Waals surface area contributed by atoms with Crippen molar-refractivity contribution in [1.29, 1.82) is 0 Å². The summed E-state index contributed by atoms with van der Waals surface area (Å²) in [6.07, 6.45) is 4.34. The molecule has 0 unspecified atom stereocenters. The van der Waals surface area contributed by atoms with Gasteiger partial charge in [-0.25, -0.2) is 0 Å². The van der Waals surface area contributed by atoms with Gasteiger partial charge in [0.05, 0.1) is 4.90 Å². The number of hydrogen-bond donors (Lipinski definition) is 2. The molecule has 0 heterocycles. The SMILES string of the molecule is CCCc1cccc(Sc2cc(O)ccc2O)c1CCC. The van der Waals surface area contributed by atoms with Crippen LogP contribution in [0.1, 0.15) is 37.8 Å². The summed E-state index contributed by atoms with van der Waals surface area (Å²) < 4.78 is 0. The van der Waals surface area contributed by atoms with Crippen molar-refractivity contribution in [2.24, 2.45) is 0 Å². The normalized spacial score (nSPS) is 10.8. The van der Waals surface area contributed by atoms with Crippen LogP contribution in [-0.2, 0) is 12.8 Å². The van der Waals surface area contributed by atoms with Gasteiger partial charge in [-0.1, -0.05) is 50.6 Å². The van der Waals surface area contributed by atoms with Crippen LogP contribution in [0.2, 0.25) is 0 Å². The number of phenols is 2. The number of phenolic OH excluding ortho intramolecular Hbond substituents is 2. The fraction of sp³-hybridized carbons (Fsp3) is 0.333. The summed E-state index contributed by atoms with van der Waals surface area (Å²) >= 11 is 1.52. The Morgan fingerprint density at radius 2 is 1.67 bits per heavy atom. The summed E-state index contributed by atoms with van der Waals surface area (Å²) in [5.74, 6) is 0.387. The first-order chi connectivity index (χ1) is 10.2. The molecule has 0 saturated heterocycles. The van der Waals surface area contributed by atoms with Gasteiger partial charge in [0.15, 0.2) is 0 Å². The van der Waals surface area contributed by atoms with E-state index < -0.39 is 0 Å². The molecule has 112 valence electrons. The summed E-state index contributed by atoms with van der Waals surface area (Å²) in [7, 11) is 0. The van der Waals surface area contributed by atoms with Crippen molar-refractivity contribution in [3.63, 3.8) is 0 Å². The van der Waals surface area contributed by atoms with Crippen LogP contribution in [0.15, 0.2) is 46.2 Å². The molecule has 2 aromatic carbocycles. The number of benzene rings is 2. The van der Waals surface area contributed by atoms with E-state index in [0.29, 0.717) is 4.90 Å². The molecular weight excluding hydrogens is 280 g/mol. The Hall–Kier alpha value is -1.61. The molecule has 2 N–H and O–H groups in total. The zero-order valence-corrected chi connectivity index (χ0v) is 13.4. The van der Waals surface area contributed by atoms with Crippen LogP contribution in [0, 0.1) is 0 Å². The van der Waals surface area contributed by atoms with Crippen molar-refractivity contribution >= 4 is 11.8 Å². The van der Waals surface area contributed by atoms with Crippen LogP contribution in [0.4, 0.5) is 0 Å². The predicted octanol–water partition coefficient (Wildman–Crippen LogP) is 5.15. The Balaban J connectivity index is 2.38. The number of hydrogen-bond acceptors (Lipinski definition) is 3. The molecule has 0 aliphatic rings. The van der Waals surface area contributed by atoms with Crippen LogP contribution in [-0.4, -0.2) is 10.2 Å². The quantitative estimate of drug-likeness (QED) is 0.725. The molecule has 0 aliphatic heterocycles. The van der Waals surface area contributed by atoms with E-state index in [0.717, 1.165) is 25.7 Å². The van der Waals surface area contributed by atoms with Gasteiger partial charge in [0.2, 0.25) is 0 Å². The highest BCUT2D eigenvalue weighted by atomic mass is 32.2. The molecule has 2 rings (SSSR count). The van der Waals surface area contributed by atoms with Gasteiger partial charge in [0, 0.05) is 4.90 Å². The second kappa shape index (κ2) is 7.41. The Morgan fingerprint density at radius 1 is 0.905 bits per heavy atom. The fourth-order valence-corrected chi connectivity index (χ4v) is 3.54. The third kappa shape index (κ3) is 3.94. The van der Waals surface area contributed by atoms with Gasteiger partial charge in [-0.05, 0) is 48.2 Å². The fourth-order valence-electron chi connectivity index (χ4n) is 2.45. The van der Waals surface area contributed by atoms with Crippen LogP contribution in [0.5, 0.6) is 11.5 Å². The van der Waals surface area contributed by atoms with Gasteiger partial charge in [0.25, 0.3) is 0 Å². The minimum absolute atomic E-state index is 0.178. The van der Waals surface area contributed by atoms with E-state index in [2.05, 4.69) is 32.0 Å². The first-order valence-electron chi connectivity index (χ1n) is 7.46. The number of rotatable bonds is 6. The standard InChI is InChI=1S/C18H22O2S/c1-3-6-13-8-5-9-17(15(13)7-4-2)21-18-12-14(19)10-11-16(18)20/h5,8-12,19-20H,3-4,6-7H2,1-2H3. The van der Waals surface area contributed by atoms with Gasteiger partial charge in [-0.3, -0.25) is 0 Å². The summed E-state index contributed by atoms with van der Waals surface area (Å²) in [4.78, 5) is 1.87. The van der Waals surface area contributed by atoms with Crippen molar-refractivity contribution in [2.45, 2.75) is 49.3 Å². The molecule has 0 aliphatic carbocycles. The first kappa shape index (κ1) is 15.8. The lowest BCUT2D eigenvalue weighted by molar-refractivity contribution is 0.448. The second-order valence-electron chi connectivity index (χ2n) is 5.15. The lowest BCUT2D eigenvalue weighted by atomic mass is 10.00. The van der Waals surface area contributed by atoms with E-state index in [-0.39, 0.29) is 11.5 Å². The van der Waals surface area contributed by atoms with E-state index in [4.69, 9.17) is 0 Å². The molecule has 0 bridgehead atoms. The molecule has 0 aromatic heterocycles.